The summed E-state index contributed by atoms with van der Waals surface area (Å²) in [6.07, 6.45) is 4.08. The molecule has 182 valence electrons. The maximum absolute atomic E-state index is 12.5. The van der Waals surface area contributed by atoms with E-state index in [0.717, 1.165) is 55.5 Å². The number of rotatable bonds is 9. The van der Waals surface area contributed by atoms with Gasteiger partial charge in [0, 0.05) is 37.1 Å². The van der Waals surface area contributed by atoms with E-state index in [2.05, 4.69) is 27.9 Å². The third kappa shape index (κ3) is 5.98. The highest BCUT2D eigenvalue weighted by Crippen LogP contribution is 2.30. The van der Waals surface area contributed by atoms with E-state index in [1.165, 1.54) is 6.07 Å². The second kappa shape index (κ2) is 10.9. The molecule has 2 N–H and O–H groups in total. The van der Waals surface area contributed by atoms with Crippen molar-refractivity contribution in [3.05, 3.63) is 53.6 Å². The lowest BCUT2D eigenvalue weighted by Gasteiger charge is -2.29. The molecule has 7 nitrogen and oxygen atoms in total. The van der Waals surface area contributed by atoms with Gasteiger partial charge in [-0.1, -0.05) is 29.8 Å². The minimum Gasteiger partial charge on any atom is -0.359 e. The highest BCUT2D eigenvalue weighted by molar-refractivity contribution is 7.89. The van der Waals surface area contributed by atoms with Crippen molar-refractivity contribution in [2.75, 3.05) is 36.9 Å². The molecule has 0 atom stereocenters. The molecule has 0 spiro atoms. The maximum atomic E-state index is 12.5. The lowest BCUT2D eigenvalue weighted by Crippen LogP contribution is -2.32. The van der Waals surface area contributed by atoms with Crippen LogP contribution in [0, 0.1) is 11.8 Å². The van der Waals surface area contributed by atoms with Crippen molar-refractivity contribution in [3.8, 4) is 0 Å². The monoisotopic (exact) mass is 501 g/mol. The van der Waals surface area contributed by atoms with Crippen LogP contribution >= 0.6 is 11.6 Å². The molecule has 0 amide bonds. The Hall–Kier alpha value is -2.42. The fourth-order valence-electron chi connectivity index (χ4n) is 4.40. The van der Waals surface area contributed by atoms with E-state index in [0.29, 0.717) is 29.4 Å². The van der Waals surface area contributed by atoms with Crippen LogP contribution in [0.5, 0.6) is 0 Å². The highest BCUT2D eigenvalue weighted by atomic mass is 35.5. The second-order valence-corrected chi connectivity index (χ2v) is 11.2. The van der Waals surface area contributed by atoms with Crippen LogP contribution < -0.4 is 14.9 Å². The van der Waals surface area contributed by atoms with Gasteiger partial charge in [0.05, 0.1) is 10.4 Å². The molecule has 3 aromatic rings. The number of nitrogens with zero attached hydrogens (tertiary/aromatic N) is 3. The third-order valence-electron chi connectivity index (χ3n) is 6.60. The Morgan fingerprint density at radius 2 is 1.71 bits per heavy atom. The number of para-hydroxylation sites is 1. The normalized spacial score (nSPS) is 18.7. The van der Waals surface area contributed by atoms with Gasteiger partial charge in [0.1, 0.15) is 5.82 Å². The van der Waals surface area contributed by atoms with E-state index >= 15 is 0 Å². The van der Waals surface area contributed by atoms with Gasteiger partial charge in [0.2, 0.25) is 16.0 Å². The maximum Gasteiger partial charge on any atom is 0.240 e. The zero-order valence-corrected chi connectivity index (χ0v) is 21.2. The van der Waals surface area contributed by atoms with Crippen LogP contribution in [-0.2, 0) is 10.0 Å². The molecule has 0 aliphatic heterocycles. The van der Waals surface area contributed by atoms with Crippen LogP contribution in [-0.4, -0.2) is 45.1 Å². The number of benzene rings is 2. The first kappa shape index (κ1) is 24.7. The fraction of sp³-hybridized carbons (Fsp3) is 0.440. The summed E-state index contributed by atoms with van der Waals surface area (Å²) in [5, 5.41) is 4.92. The van der Waals surface area contributed by atoms with E-state index in [9.17, 15) is 8.42 Å². The van der Waals surface area contributed by atoms with Crippen LogP contribution in [0.2, 0.25) is 5.02 Å². The van der Waals surface area contributed by atoms with Crippen molar-refractivity contribution < 1.29 is 8.42 Å². The van der Waals surface area contributed by atoms with Gasteiger partial charge in [-0.15, -0.1) is 0 Å². The molecule has 4 rings (SSSR count). The summed E-state index contributed by atoms with van der Waals surface area (Å²) in [5.41, 5.74) is 0.936. The number of fused-ring (bicyclic) bond motifs is 1. The van der Waals surface area contributed by atoms with Crippen LogP contribution in [0.4, 0.5) is 11.8 Å². The number of halogens is 1. The Balaban J connectivity index is 1.30. The predicted octanol–water partition coefficient (Wildman–Crippen LogP) is 4.94. The number of hydrogen-bond donors (Lipinski definition) is 2. The van der Waals surface area contributed by atoms with Gasteiger partial charge in [0.25, 0.3) is 0 Å². The lowest BCUT2D eigenvalue weighted by atomic mass is 9.82. The molecule has 0 radical (unpaired) electrons. The van der Waals surface area contributed by atoms with Crippen molar-refractivity contribution in [3.63, 3.8) is 0 Å². The molecular formula is C25H32ClN5O2S. The molecule has 0 bridgehead atoms. The molecule has 2 aromatic carbocycles. The Morgan fingerprint density at radius 3 is 2.41 bits per heavy atom. The van der Waals surface area contributed by atoms with E-state index < -0.39 is 10.0 Å². The summed E-state index contributed by atoms with van der Waals surface area (Å²) < 4.78 is 27.8. The van der Waals surface area contributed by atoms with E-state index in [4.69, 9.17) is 21.6 Å². The Morgan fingerprint density at radius 1 is 1.00 bits per heavy atom. The van der Waals surface area contributed by atoms with Crippen LogP contribution in [0.1, 0.15) is 32.6 Å². The average molecular weight is 502 g/mol. The van der Waals surface area contributed by atoms with Crippen molar-refractivity contribution in [2.24, 2.45) is 11.8 Å². The first-order valence-corrected chi connectivity index (χ1v) is 13.7. The molecule has 9 heteroatoms. The van der Waals surface area contributed by atoms with Gasteiger partial charge in [-0.25, -0.2) is 18.1 Å². The third-order valence-corrected chi connectivity index (χ3v) is 8.26. The molecule has 1 aliphatic rings. The first-order valence-electron chi connectivity index (χ1n) is 11.8. The quantitative estimate of drug-likeness (QED) is 0.432. The Bertz CT molecular complexity index is 1230. The number of anilines is 2. The highest BCUT2D eigenvalue weighted by Gasteiger charge is 2.24. The molecule has 0 unspecified atom stereocenters. The molecule has 1 fully saturated rings. The minimum absolute atomic E-state index is 0.210. The predicted molar refractivity (Wildman–Crippen MR) is 139 cm³/mol. The molecule has 1 heterocycles. The van der Waals surface area contributed by atoms with Crippen molar-refractivity contribution in [1.29, 1.82) is 0 Å². The molecule has 1 aromatic heterocycles. The zero-order valence-electron chi connectivity index (χ0n) is 19.7. The summed E-state index contributed by atoms with van der Waals surface area (Å²) in [5.74, 6) is 2.45. The van der Waals surface area contributed by atoms with Crippen molar-refractivity contribution in [1.82, 2.24) is 14.7 Å². The summed E-state index contributed by atoms with van der Waals surface area (Å²) in [6, 6.07) is 14.4. The summed E-state index contributed by atoms with van der Waals surface area (Å²) in [7, 11) is -1.50. The molecule has 1 saturated carbocycles. The van der Waals surface area contributed by atoms with Gasteiger partial charge < -0.3 is 10.2 Å². The van der Waals surface area contributed by atoms with E-state index in [1.807, 2.05) is 25.2 Å². The number of sulfonamides is 1. The summed E-state index contributed by atoms with van der Waals surface area (Å²) in [6.45, 7) is 4.24. The summed E-state index contributed by atoms with van der Waals surface area (Å²) in [4.78, 5) is 11.8. The Labute approximate surface area is 207 Å². The van der Waals surface area contributed by atoms with Crippen LogP contribution in [0.3, 0.4) is 0 Å². The lowest BCUT2D eigenvalue weighted by molar-refractivity contribution is 0.284. The molecule has 0 saturated heterocycles. The number of nitrogens with one attached hydrogen (secondary N) is 2. The van der Waals surface area contributed by atoms with Crippen molar-refractivity contribution in [2.45, 2.75) is 37.5 Å². The van der Waals surface area contributed by atoms with E-state index in [1.54, 1.807) is 18.2 Å². The Kier molecular flexibility index (Phi) is 7.91. The van der Waals surface area contributed by atoms with Gasteiger partial charge in [-0.05, 0) is 74.8 Å². The average Bonchev–Trinajstić information content (AvgIpc) is 2.86. The number of hydrogen-bond acceptors (Lipinski definition) is 6. The SMILES string of the molecule is CCN(C)c1nc(NC[C@H]2CC[C@H](CNS(=O)(=O)c3cccc(Cl)c3)CC2)nc2ccccc12. The smallest absolute Gasteiger partial charge is 0.240 e. The molecule has 34 heavy (non-hydrogen) atoms. The molecular weight excluding hydrogens is 470 g/mol. The zero-order chi connectivity index (χ0) is 24.1. The fourth-order valence-corrected chi connectivity index (χ4v) is 5.82. The largest absolute Gasteiger partial charge is 0.359 e. The standard InChI is InChI=1S/C25H32ClN5O2S/c1-3-31(2)24-22-9-4-5-10-23(22)29-25(30-24)27-16-18-11-13-19(14-12-18)17-28-34(32,33)21-8-6-7-20(26)15-21/h4-10,15,18-19,28H,3,11-14,16-17H2,1-2H3,(H,27,29,30)/t18-,19-. The first-order chi connectivity index (χ1) is 16.4. The van der Waals surface area contributed by atoms with Gasteiger partial charge in [-0.2, -0.15) is 4.98 Å². The van der Waals surface area contributed by atoms with Gasteiger partial charge >= 0.3 is 0 Å². The van der Waals surface area contributed by atoms with Crippen molar-refractivity contribution >= 4 is 44.3 Å². The van der Waals surface area contributed by atoms with Crippen LogP contribution in [0.25, 0.3) is 10.9 Å². The van der Waals surface area contributed by atoms with Gasteiger partial charge in [-0.3, -0.25) is 0 Å². The number of aromatic nitrogens is 2. The van der Waals surface area contributed by atoms with Gasteiger partial charge in [0.15, 0.2) is 0 Å². The van der Waals surface area contributed by atoms with E-state index in [-0.39, 0.29) is 4.90 Å². The minimum atomic E-state index is -3.54. The topological polar surface area (TPSA) is 87.2 Å². The molecule has 1 aliphatic carbocycles. The second-order valence-electron chi connectivity index (χ2n) is 8.98. The van der Waals surface area contributed by atoms with Crippen LogP contribution in [0.15, 0.2) is 53.4 Å². The summed E-state index contributed by atoms with van der Waals surface area (Å²) >= 11 is 5.94.